The summed E-state index contributed by atoms with van der Waals surface area (Å²) >= 11 is 5.81. The molecule has 7 heteroatoms. The van der Waals surface area contributed by atoms with Crippen LogP contribution in [0.2, 0.25) is 5.02 Å². The number of hydrogen-bond acceptors (Lipinski definition) is 5. The van der Waals surface area contributed by atoms with Gasteiger partial charge in [0, 0.05) is 24.9 Å². The second-order valence-corrected chi connectivity index (χ2v) is 6.51. The van der Waals surface area contributed by atoms with E-state index in [0.29, 0.717) is 23.2 Å². The maximum absolute atomic E-state index is 12.5. The largest absolute Gasteiger partial charge is 0.443 e. The zero-order chi connectivity index (χ0) is 16.4. The Bertz CT molecular complexity index is 615. The molecule has 0 aromatic carbocycles. The van der Waals surface area contributed by atoms with Gasteiger partial charge >= 0.3 is 6.09 Å². The number of halogens is 1. The summed E-state index contributed by atoms with van der Waals surface area (Å²) in [6, 6.07) is 3.51. The van der Waals surface area contributed by atoms with Crippen molar-refractivity contribution >= 4 is 17.7 Å². The van der Waals surface area contributed by atoms with Gasteiger partial charge in [0.25, 0.3) is 0 Å². The summed E-state index contributed by atoms with van der Waals surface area (Å²) in [5, 5.41) is 7.25. The van der Waals surface area contributed by atoms with Gasteiger partial charge in [0.2, 0.25) is 0 Å². The molecule has 0 radical (unpaired) electrons. The third-order valence-electron chi connectivity index (χ3n) is 4.14. The number of rotatable bonds is 3. The standard InChI is InChI=1S/C16H21ClN4O2/c1-10(2)15-14-13(19-9-20-14)5-6-21(15)16(22)23-8-12-4-3-11(17)7-18-12/h3-4,7,10,15,19-20H,5-6,8-9H2,1-2H3. The van der Waals surface area contributed by atoms with Crippen molar-refractivity contribution in [3.8, 4) is 0 Å². The smallest absolute Gasteiger partial charge is 0.410 e. The van der Waals surface area contributed by atoms with Crippen LogP contribution in [-0.2, 0) is 11.3 Å². The van der Waals surface area contributed by atoms with Gasteiger partial charge in [0.15, 0.2) is 0 Å². The average Bonchev–Trinajstić information content (AvgIpc) is 3.01. The number of aromatic nitrogens is 1. The molecule has 1 aromatic heterocycles. The van der Waals surface area contributed by atoms with Gasteiger partial charge in [-0.05, 0) is 18.1 Å². The van der Waals surface area contributed by atoms with Crippen molar-refractivity contribution in [2.24, 2.45) is 5.92 Å². The fraction of sp³-hybridized carbons (Fsp3) is 0.500. The van der Waals surface area contributed by atoms with E-state index in [1.807, 2.05) is 0 Å². The van der Waals surface area contributed by atoms with Gasteiger partial charge in [0.1, 0.15) is 6.61 Å². The van der Waals surface area contributed by atoms with E-state index in [1.165, 1.54) is 5.70 Å². The number of nitrogens with zero attached hydrogens (tertiary/aromatic N) is 2. The molecule has 0 saturated heterocycles. The molecular weight excluding hydrogens is 316 g/mol. The molecule has 2 aliphatic heterocycles. The van der Waals surface area contributed by atoms with E-state index < -0.39 is 0 Å². The van der Waals surface area contributed by atoms with Crippen LogP contribution in [-0.4, -0.2) is 35.2 Å². The first kappa shape index (κ1) is 15.9. The second kappa shape index (κ2) is 6.66. The fourth-order valence-electron chi connectivity index (χ4n) is 3.09. The van der Waals surface area contributed by atoms with Crippen molar-refractivity contribution < 1.29 is 9.53 Å². The van der Waals surface area contributed by atoms with E-state index in [9.17, 15) is 4.79 Å². The highest BCUT2D eigenvalue weighted by Gasteiger charge is 2.37. The van der Waals surface area contributed by atoms with E-state index in [0.717, 1.165) is 18.8 Å². The minimum absolute atomic E-state index is 0.0134. The minimum Gasteiger partial charge on any atom is -0.443 e. The monoisotopic (exact) mass is 336 g/mol. The van der Waals surface area contributed by atoms with Crippen molar-refractivity contribution in [3.63, 3.8) is 0 Å². The Labute approximate surface area is 140 Å². The molecule has 0 saturated carbocycles. The number of carbonyl (C=O) groups excluding carboxylic acids is 1. The lowest BCUT2D eigenvalue weighted by Crippen LogP contribution is -2.49. The summed E-state index contributed by atoms with van der Waals surface area (Å²) in [7, 11) is 0. The van der Waals surface area contributed by atoms with Gasteiger partial charge in [0.05, 0.1) is 29.1 Å². The minimum atomic E-state index is -0.305. The maximum Gasteiger partial charge on any atom is 0.410 e. The summed E-state index contributed by atoms with van der Waals surface area (Å²) in [4.78, 5) is 18.5. The maximum atomic E-state index is 12.5. The molecule has 2 aliphatic rings. The van der Waals surface area contributed by atoms with E-state index in [4.69, 9.17) is 16.3 Å². The molecule has 3 rings (SSSR count). The first-order valence-corrected chi connectivity index (χ1v) is 8.18. The van der Waals surface area contributed by atoms with Crippen LogP contribution in [0.5, 0.6) is 0 Å². The van der Waals surface area contributed by atoms with Gasteiger partial charge in [-0.1, -0.05) is 25.4 Å². The van der Waals surface area contributed by atoms with Crippen LogP contribution in [0.1, 0.15) is 26.0 Å². The lowest BCUT2D eigenvalue weighted by Gasteiger charge is -2.38. The SMILES string of the molecule is CC(C)C1C2=C(CCN1C(=O)OCc1ccc(Cl)cn1)NCN2. The molecule has 1 aromatic rings. The van der Waals surface area contributed by atoms with E-state index in [1.54, 1.807) is 23.2 Å². The van der Waals surface area contributed by atoms with Crippen molar-refractivity contribution in [3.05, 3.63) is 40.4 Å². The summed E-state index contributed by atoms with van der Waals surface area (Å²) < 4.78 is 5.45. The summed E-state index contributed by atoms with van der Waals surface area (Å²) in [5.74, 6) is 0.300. The Morgan fingerprint density at radius 3 is 3.00 bits per heavy atom. The van der Waals surface area contributed by atoms with Gasteiger partial charge in [-0.3, -0.25) is 9.88 Å². The predicted octanol–water partition coefficient (Wildman–Crippen LogP) is 2.46. The van der Waals surface area contributed by atoms with E-state index in [2.05, 4.69) is 29.5 Å². The zero-order valence-electron chi connectivity index (χ0n) is 13.3. The molecule has 0 bridgehead atoms. The molecule has 3 heterocycles. The quantitative estimate of drug-likeness (QED) is 0.887. The molecule has 2 N–H and O–H groups in total. The van der Waals surface area contributed by atoms with Crippen LogP contribution < -0.4 is 10.6 Å². The Morgan fingerprint density at radius 1 is 1.48 bits per heavy atom. The lowest BCUT2D eigenvalue weighted by molar-refractivity contribution is 0.0730. The number of ether oxygens (including phenoxy) is 1. The number of carbonyl (C=O) groups is 1. The van der Waals surface area contributed by atoms with Gasteiger partial charge in [-0.2, -0.15) is 0 Å². The Balaban J connectivity index is 1.67. The van der Waals surface area contributed by atoms with Crippen LogP contribution in [0, 0.1) is 5.92 Å². The fourth-order valence-corrected chi connectivity index (χ4v) is 3.20. The lowest BCUT2D eigenvalue weighted by atomic mass is 9.94. The summed E-state index contributed by atoms with van der Waals surface area (Å²) in [5.41, 5.74) is 3.02. The van der Waals surface area contributed by atoms with Crippen LogP contribution in [0.4, 0.5) is 4.79 Å². The second-order valence-electron chi connectivity index (χ2n) is 6.08. The Hall–Kier alpha value is -1.95. The molecule has 6 nitrogen and oxygen atoms in total. The molecule has 0 spiro atoms. The van der Waals surface area contributed by atoms with Crippen LogP contribution in [0.3, 0.4) is 0 Å². The highest BCUT2D eigenvalue weighted by atomic mass is 35.5. The average molecular weight is 337 g/mol. The van der Waals surface area contributed by atoms with Crippen LogP contribution in [0.25, 0.3) is 0 Å². The molecule has 0 fully saturated rings. The Kier molecular flexibility index (Phi) is 4.61. The zero-order valence-corrected chi connectivity index (χ0v) is 14.1. The first-order valence-electron chi connectivity index (χ1n) is 7.81. The topological polar surface area (TPSA) is 66.5 Å². The highest BCUT2D eigenvalue weighted by molar-refractivity contribution is 6.30. The molecule has 1 atom stereocenters. The van der Waals surface area contributed by atoms with Crippen molar-refractivity contribution in [1.82, 2.24) is 20.5 Å². The van der Waals surface area contributed by atoms with Crippen molar-refractivity contribution in [1.29, 1.82) is 0 Å². The number of nitrogens with one attached hydrogen (secondary N) is 2. The Morgan fingerprint density at radius 2 is 2.30 bits per heavy atom. The number of pyridine rings is 1. The van der Waals surface area contributed by atoms with Gasteiger partial charge < -0.3 is 15.4 Å². The first-order chi connectivity index (χ1) is 11.1. The van der Waals surface area contributed by atoms with Gasteiger partial charge in [-0.25, -0.2) is 4.79 Å². The molecule has 1 unspecified atom stereocenters. The van der Waals surface area contributed by atoms with E-state index in [-0.39, 0.29) is 18.7 Å². The predicted molar refractivity (Wildman–Crippen MR) is 87.5 cm³/mol. The third-order valence-corrected chi connectivity index (χ3v) is 4.36. The molecule has 124 valence electrons. The number of amides is 1. The normalized spacial score (nSPS) is 20.2. The van der Waals surface area contributed by atoms with E-state index >= 15 is 0 Å². The molecule has 0 aliphatic carbocycles. The van der Waals surface area contributed by atoms with Crippen molar-refractivity contribution in [2.45, 2.75) is 32.9 Å². The molecular formula is C16H21ClN4O2. The molecule has 1 amide bonds. The van der Waals surface area contributed by atoms with Crippen LogP contribution in [0.15, 0.2) is 29.7 Å². The highest BCUT2D eigenvalue weighted by Crippen LogP contribution is 2.28. The number of hydrogen-bond donors (Lipinski definition) is 2. The molecule has 23 heavy (non-hydrogen) atoms. The van der Waals surface area contributed by atoms with Gasteiger partial charge in [-0.15, -0.1) is 0 Å². The van der Waals surface area contributed by atoms with Crippen LogP contribution >= 0.6 is 11.6 Å². The third kappa shape index (κ3) is 3.37. The summed E-state index contributed by atoms with van der Waals surface area (Å²) in [6.07, 6.45) is 2.06. The summed E-state index contributed by atoms with van der Waals surface area (Å²) in [6.45, 7) is 5.76. The van der Waals surface area contributed by atoms with Crippen molar-refractivity contribution in [2.75, 3.05) is 13.2 Å².